The molecule has 1 aromatic rings. The molecule has 0 bridgehead atoms. The first-order chi connectivity index (χ1) is 13.1. The third kappa shape index (κ3) is 5.13. The summed E-state index contributed by atoms with van der Waals surface area (Å²) in [5.41, 5.74) is 2.69. The van der Waals surface area contributed by atoms with Gasteiger partial charge in [-0.05, 0) is 49.1 Å². The standard InChI is InChI=1S/C19H24ClF2N3O3/c1-12(2)10-18(3,28-17(23)26)11-27-14-4-7-19(16(21)22,25-15(14)20)13-5-8-24-9-6-13/h4-9,12,16,25H,10-11H2,1-3H3,(H2,23,26). The quantitative estimate of drug-likeness (QED) is 0.626. The molecule has 0 saturated heterocycles. The monoisotopic (exact) mass is 415 g/mol. The molecule has 3 N–H and O–H groups in total. The number of hydrogen-bond acceptors (Lipinski definition) is 5. The number of carbonyl (C=O) groups excluding carboxylic acids is 1. The molecule has 1 aliphatic rings. The molecular weight excluding hydrogens is 392 g/mol. The number of rotatable bonds is 8. The topological polar surface area (TPSA) is 86.5 Å². The zero-order chi connectivity index (χ0) is 20.9. The lowest BCUT2D eigenvalue weighted by Gasteiger charge is -2.36. The van der Waals surface area contributed by atoms with E-state index in [2.05, 4.69) is 10.3 Å². The first-order valence-corrected chi connectivity index (χ1v) is 9.13. The minimum Gasteiger partial charge on any atom is -0.486 e. The second kappa shape index (κ2) is 8.77. The Hall–Kier alpha value is -2.35. The maximum atomic E-state index is 13.9. The van der Waals surface area contributed by atoms with Crippen molar-refractivity contribution in [2.24, 2.45) is 11.7 Å². The summed E-state index contributed by atoms with van der Waals surface area (Å²) in [6, 6.07) is 2.97. The maximum Gasteiger partial charge on any atom is 0.405 e. The van der Waals surface area contributed by atoms with Crippen LogP contribution in [-0.4, -0.2) is 29.7 Å². The van der Waals surface area contributed by atoms with E-state index < -0.39 is 23.7 Å². The van der Waals surface area contributed by atoms with Gasteiger partial charge in [-0.3, -0.25) is 4.98 Å². The summed E-state index contributed by atoms with van der Waals surface area (Å²) in [5.74, 6) is 0.366. The Labute approximate surface area is 167 Å². The lowest BCUT2D eigenvalue weighted by Crippen LogP contribution is -2.47. The van der Waals surface area contributed by atoms with Gasteiger partial charge in [0.25, 0.3) is 6.43 Å². The third-order valence-corrected chi connectivity index (χ3v) is 4.53. The van der Waals surface area contributed by atoms with Crippen LogP contribution in [-0.2, 0) is 15.0 Å². The van der Waals surface area contributed by atoms with Crippen LogP contribution in [0.5, 0.6) is 0 Å². The van der Waals surface area contributed by atoms with Crippen LogP contribution in [0.4, 0.5) is 13.6 Å². The first-order valence-electron chi connectivity index (χ1n) is 8.75. The number of carbonyl (C=O) groups is 1. The Balaban J connectivity index is 2.19. The van der Waals surface area contributed by atoms with Crippen LogP contribution in [0.15, 0.2) is 47.6 Å². The number of nitrogens with two attached hydrogens (primary N) is 1. The van der Waals surface area contributed by atoms with Gasteiger partial charge in [-0.25, -0.2) is 13.6 Å². The highest BCUT2D eigenvalue weighted by molar-refractivity contribution is 6.29. The number of ether oxygens (including phenoxy) is 2. The summed E-state index contributed by atoms with van der Waals surface area (Å²) in [6.07, 6.45) is 2.34. The second-order valence-corrected chi connectivity index (χ2v) is 7.68. The van der Waals surface area contributed by atoms with E-state index in [1.807, 2.05) is 13.8 Å². The molecule has 28 heavy (non-hydrogen) atoms. The summed E-state index contributed by atoms with van der Waals surface area (Å²) in [5, 5.41) is 2.56. The molecule has 2 atom stereocenters. The van der Waals surface area contributed by atoms with Gasteiger partial charge < -0.3 is 20.5 Å². The maximum absolute atomic E-state index is 13.9. The zero-order valence-corrected chi connectivity index (χ0v) is 16.7. The molecule has 0 fully saturated rings. The van der Waals surface area contributed by atoms with Crippen molar-refractivity contribution >= 4 is 17.7 Å². The van der Waals surface area contributed by atoms with Crippen LogP contribution >= 0.6 is 11.6 Å². The Bertz CT molecular complexity index is 758. The highest BCUT2D eigenvalue weighted by Gasteiger charge is 2.42. The van der Waals surface area contributed by atoms with E-state index in [1.54, 1.807) is 6.92 Å². The summed E-state index contributed by atoms with van der Waals surface area (Å²) < 4.78 is 38.7. The van der Waals surface area contributed by atoms with Gasteiger partial charge in [0.1, 0.15) is 22.9 Å². The van der Waals surface area contributed by atoms with Gasteiger partial charge in [-0.2, -0.15) is 0 Å². The molecule has 0 aromatic carbocycles. The molecule has 2 unspecified atom stereocenters. The number of dihydropyridines is 1. The Morgan fingerprint density at radius 3 is 2.54 bits per heavy atom. The number of nitrogens with one attached hydrogen (secondary N) is 1. The molecule has 0 aliphatic carbocycles. The van der Waals surface area contributed by atoms with Crippen molar-refractivity contribution in [2.75, 3.05) is 6.61 Å². The van der Waals surface area contributed by atoms with Crippen molar-refractivity contribution in [3.05, 3.63) is 53.2 Å². The number of allylic oxidation sites excluding steroid dienone is 1. The lowest BCUT2D eigenvalue weighted by atomic mass is 9.89. The van der Waals surface area contributed by atoms with E-state index >= 15 is 0 Å². The SMILES string of the molecule is CC(C)CC(C)(COC1=C(Cl)NC(c2ccncc2)(C(F)F)C=C1)OC(N)=O. The normalized spacial score (nSPS) is 21.4. The van der Waals surface area contributed by atoms with E-state index in [9.17, 15) is 13.6 Å². The van der Waals surface area contributed by atoms with Gasteiger partial charge in [-0.1, -0.05) is 25.4 Å². The van der Waals surface area contributed by atoms with E-state index in [1.165, 1.54) is 36.7 Å². The molecule has 1 amide bonds. The minimum atomic E-state index is -2.77. The van der Waals surface area contributed by atoms with Gasteiger partial charge in [0.15, 0.2) is 5.76 Å². The van der Waals surface area contributed by atoms with Crippen molar-refractivity contribution in [3.8, 4) is 0 Å². The fraction of sp³-hybridized carbons (Fsp3) is 0.474. The Morgan fingerprint density at radius 1 is 1.39 bits per heavy atom. The van der Waals surface area contributed by atoms with Crippen LogP contribution in [0.25, 0.3) is 0 Å². The number of hydrogen-bond donors (Lipinski definition) is 2. The molecule has 1 aliphatic heterocycles. The van der Waals surface area contributed by atoms with Gasteiger partial charge in [-0.15, -0.1) is 0 Å². The van der Waals surface area contributed by atoms with Crippen LogP contribution < -0.4 is 11.1 Å². The van der Waals surface area contributed by atoms with Gasteiger partial charge in [0.05, 0.1) is 0 Å². The fourth-order valence-corrected chi connectivity index (χ4v) is 3.47. The number of amides is 1. The molecule has 0 saturated carbocycles. The zero-order valence-electron chi connectivity index (χ0n) is 15.9. The summed E-state index contributed by atoms with van der Waals surface area (Å²) in [4.78, 5) is 15.1. The van der Waals surface area contributed by atoms with Crippen molar-refractivity contribution in [1.82, 2.24) is 10.3 Å². The number of halogens is 3. The van der Waals surface area contributed by atoms with E-state index in [4.69, 9.17) is 26.8 Å². The van der Waals surface area contributed by atoms with Gasteiger partial charge in [0.2, 0.25) is 0 Å². The minimum absolute atomic E-state index is 0.0391. The highest BCUT2D eigenvalue weighted by Crippen LogP contribution is 2.36. The predicted molar refractivity (Wildman–Crippen MR) is 102 cm³/mol. The Morgan fingerprint density at radius 2 is 2.04 bits per heavy atom. The predicted octanol–water partition coefficient (Wildman–Crippen LogP) is 4.03. The smallest absolute Gasteiger partial charge is 0.405 e. The fourth-order valence-electron chi connectivity index (χ4n) is 3.19. The molecule has 0 radical (unpaired) electrons. The lowest BCUT2D eigenvalue weighted by molar-refractivity contribution is -0.0353. The number of nitrogens with zero attached hydrogens (tertiary/aromatic N) is 1. The van der Waals surface area contributed by atoms with Crippen molar-refractivity contribution < 1.29 is 23.0 Å². The molecule has 154 valence electrons. The molecular formula is C19H24ClF2N3O3. The summed E-state index contributed by atoms with van der Waals surface area (Å²) in [6.45, 7) is 5.57. The van der Waals surface area contributed by atoms with Crippen molar-refractivity contribution in [2.45, 2.75) is 44.8 Å². The van der Waals surface area contributed by atoms with E-state index in [0.717, 1.165) is 0 Å². The van der Waals surface area contributed by atoms with E-state index in [-0.39, 0.29) is 23.4 Å². The van der Waals surface area contributed by atoms with Crippen LogP contribution in [0.2, 0.25) is 0 Å². The Kier molecular flexibility index (Phi) is 6.87. The van der Waals surface area contributed by atoms with Crippen LogP contribution in [0.3, 0.4) is 0 Å². The van der Waals surface area contributed by atoms with Crippen LogP contribution in [0.1, 0.15) is 32.8 Å². The molecule has 2 rings (SSSR count). The largest absolute Gasteiger partial charge is 0.486 e. The van der Waals surface area contributed by atoms with Gasteiger partial charge in [0, 0.05) is 12.4 Å². The number of pyridine rings is 1. The summed E-state index contributed by atoms with van der Waals surface area (Å²) in [7, 11) is 0. The number of aromatic nitrogens is 1. The molecule has 0 spiro atoms. The average molecular weight is 416 g/mol. The number of primary amides is 1. The second-order valence-electron chi connectivity index (χ2n) is 7.30. The van der Waals surface area contributed by atoms with Crippen molar-refractivity contribution in [3.63, 3.8) is 0 Å². The summed E-state index contributed by atoms with van der Waals surface area (Å²) >= 11 is 6.21. The van der Waals surface area contributed by atoms with Crippen molar-refractivity contribution in [1.29, 1.82) is 0 Å². The average Bonchev–Trinajstić information content (AvgIpc) is 2.59. The first kappa shape index (κ1) is 21.9. The highest BCUT2D eigenvalue weighted by atomic mass is 35.5. The molecule has 1 aromatic heterocycles. The molecule has 9 heteroatoms. The molecule has 6 nitrogen and oxygen atoms in total. The third-order valence-electron chi connectivity index (χ3n) is 4.25. The number of alkyl halides is 2. The van der Waals surface area contributed by atoms with Gasteiger partial charge >= 0.3 is 6.09 Å². The van der Waals surface area contributed by atoms with Crippen LogP contribution in [0, 0.1) is 5.92 Å². The molecule has 2 heterocycles. The van der Waals surface area contributed by atoms with E-state index in [0.29, 0.717) is 12.0 Å².